The Morgan fingerprint density at radius 2 is 2.00 bits per heavy atom. The molecule has 0 radical (unpaired) electrons. The van der Waals surface area contributed by atoms with Gasteiger partial charge in [-0.3, -0.25) is 4.99 Å². The molecule has 0 N–H and O–H groups in total. The molecule has 0 rings (SSSR count). The van der Waals surface area contributed by atoms with Gasteiger partial charge in [-0.05, 0) is 36.3 Å². The van der Waals surface area contributed by atoms with E-state index in [-0.39, 0.29) is 5.41 Å². The van der Waals surface area contributed by atoms with Gasteiger partial charge < -0.3 is 0 Å². The van der Waals surface area contributed by atoms with Crippen LogP contribution >= 0.6 is 0 Å². The van der Waals surface area contributed by atoms with E-state index < -0.39 is 0 Å². The number of rotatable bonds is 4. The molecule has 0 aromatic carbocycles. The van der Waals surface area contributed by atoms with Crippen molar-refractivity contribution in [1.29, 1.82) is 0 Å². The Morgan fingerprint density at radius 1 is 1.44 bits per heavy atom. The summed E-state index contributed by atoms with van der Waals surface area (Å²) in [5, 5.41) is 0. The van der Waals surface area contributed by atoms with Crippen molar-refractivity contribution < 1.29 is 0 Å². The summed E-state index contributed by atoms with van der Waals surface area (Å²) in [5.41, 5.74) is 5.31. The van der Waals surface area contributed by atoms with Crippen LogP contribution in [0.25, 0.3) is 0 Å². The van der Waals surface area contributed by atoms with Gasteiger partial charge in [0.1, 0.15) is 0 Å². The first-order valence-electron chi connectivity index (χ1n) is 5.93. The van der Waals surface area contributed by atoms with Gasteiger partial charge in [0.2, 0.25) is 0 Å². The summed E-state index contributed by atoms with van der Waals surface area (Å²) in [4.78, 5) is 4.54. The lowest BCUT2D eigenvalue weighted by molar-refractivity contribution is 0.587. The second-order valence-electron chi connectivity index (χ2n) is 5.25. The smallest absolute Gasteiger partial charge is 0.0308 e. The summed E-state index contributed by atoms with van der Waals surface area (Å²) < 4.78 is 0. The van der Waals surface area contributed by atoms with E-state index in [1.54, 1.807) is 0 Å². The Morgan fingerprint density at radius 3 is 2.38 bits per heavy atom. The summed E-state index contributed by atoms with van der Waals surface area (Å²) in [6.45, 7) is 16.6. The molecular weight excluding hydrogens is 194 g/mol. The van der Waals surface area contributed by atoms with Crippen molar-refractivity contribution in [2.45, 2.75) is 48.0 Å². The molecule has 0 aliphatic carbocycles. The Labute approximate surface area is 101 Å². The summed E-state index contributed by atoms with van der Waals surface area (Å²) >= 11 is 0. The molecule has 0 spiro atoms. The fourth-order valence-electron chi connectivity index (χ4n) is 1.03. The third kappa shape index (κ3) is 5.14. The highest BCUT2D eigenvalue weighted by Crippen LogP contribution is 2.18. The molecule has 0 saturated heterocycles. The van der Waals surface area contributed by atoms with Crippen LogP contribution in [0, 0.1) is 11.3 Å². The fourth-order valence-corrected chi connectivity index (χ4v) is 1.03. The lowest BCUT2D eigenvalue weighted by Crippen LogP contribution is -2.16. The maximum Gasteiger partial charge on any atom is 0.0308 e. The maximum atomic E-state index is 4.54. The summed E-state index contributed by atoms with van der Waals surface area (Å²) in [6, 6.07) is 0. The van der Waals surface area contributed by atoms with Crippen molar-refractivity contribution >= 4 is 5.71 Å². The maximum absolute atomic E-state index is 4.54. The first-order valence-corrected chi connectivity index (χ1v) is 5.93. The molecule has 0 fully saturated rings. The van der Waals surface area contributed by atoms with Crippen molar-refractivity contribution in [2.75, 3.05) is 0 Å². The minimum Gasteiger partial charge on any atom is -0.265 e. The Bertz CT molecular complexity index is 320. The highest BCUT2D eigenvalue weighted by atomic mass is 14.7. The number of nitrogens with zero attached hydrogens (tertiary/aromatic N) is 1. The second kappa shape index (κ2) is 6.50. The van der Waals surface area contributed by atoms with Crippen LogP contribution in [0.15, 0.2) is 35.2 Å². The Hall–Kier alpha value is -1.07. The molecule has 0 saturated carbocycles. The predicted octanol–water partition coefficient (Wildman–Crippen LogP) is 4.76. The largest absolute Gasteiger partial charge is 0.265 e. The predicted molar refractivity (Wildman–Crippen MR) is 73.8 cm³/mol. The number of aliphatic imine (C=N–C) groups is 1. The van der Waals surface area contributed by atoms with Crippen LogP contribution in [-0.4, -0.2) is 5.71 Å². The molecule has 1 heteroatoms. The Kier molecular flexibility index (Phi) is 6.06. The first kappa shape index (κ1) is 14.9. The lowest BCUT2D eigenvalue weighted by atomic mass is 9.91. The number of allylic oxidation sites excluding steroid dienone is 2. The fraction of sp³-hybridized carbons (Fsp3) is 0.600. The zero-order valence-electron chi connectivity index (χ0n) is 11.6. The van der Waals surface area contributed by atoms with Crippen molar-refractivity contribution in [3.63, 3.8) is 0 Å². The van der Waals surface area contributed by atoms with Crippen LogP contribution in [0.5, 0.6) is 0 Å². The summed E-state index contributed by atoms with van der Waals surface area (Å²) in [7, 11) is 0. The summed E-state index contributed by atoms with van der Waals surface area (Å²) in [5.74, 6) is 0.505. The van der Waals surface area contributed by atoms with Gasteiger partial charge in [0, 0.05) is 11.9 Å². The van der Waals surface area contributed by atoms with Gasteiger partial charge in [0.15, 0.2) is 0 Å². The molecule has 0 amide bonds. The summed E-state index contributed by atoms with van der Waals surface area (Å²) in [6.07, 6.45) is 4.98. The van der Waals surface area contributed by atoms with Crippen LogP contribution in [0.3, 0.4) is 0 Å². The standard InChI is InChI=1S/C15H25N/c1-8-10-14(12(3)9-2)11-16-13(4)15(5,6)7/h10-12H,1,9H2,2-7H3/b14-11+,16-13?/t12-/m1/s1. The second-order valence-corrected chi connectivity index (χ2v) is 5.25. The first-order chi connectivity index (χ1) is 7.32. The van der Waals surface area contributed by atoms with Gasteiger partial charge in [-0.25, -0.2) is 0 Å². The van der Waals surface area contributed by atoms with Gasteiger partial charge in [-0.1, -0.05) is 41.2 Å². The monoisotopic (exact) mass is 219 g/mol. The molecule has 0 bridgehead atoms. The number of hydrogen-bond acceptors (Lipinski definition) is 1. The van der Waals surface area contributed by atoms with E-state index in [1.165, 1.54) is 5.57 Å². The number of hydrogen-bond donors (Lipinski definition) is 0. The molecule has 0 aromatic heterocycles. The lowest BCUT2D eigenvalue weighted by Gasteiger charge is -2.17. The van der Waals surface area contributed by atoms with Crippen molar-refractivity contribution in [1.82, 2.24) is 0 Å². The average Bonchev–Trinajstić information content (AvgIpc) is 2.21. The third-order valence-corrected chi connectivity index (χ3v) is 2.94. The quantitative estimate of drug-likeness (QED) is 0.367. The van der Waals surface area contributed by atoms with Gasteiger partial charge in [0.05, 0.1) is 0 Å². The highest BCUT2D eigenvalue weighted by molar-refractivity contribution is 5.87. The average molecular weight is 219 g/mol. The molecule has 0 unspecified atom stereocenters. The molecule has 16 heavy (non-hydrogen) atoms. The van der Waals surface area contributed by atoms with Gasteiger partial charge >= 0.3 is 0 Å². The molecule has 1 atom stereocenters. The van der Waals surface area contributed by atoms with Crippen molar-refractivity contribution in [3.05, 3.63) is 30.2 Å². The van der Waals surface area contributed by atoms with Crippen LogP contribution in [0.1, 0.15) is 48.0 Å². The SMILES string of the molecule is C=C=C/C(=C\N=C(C)C(C)(C)C)[C@H](C)CC. The zero-order valence-corrected chi connectivity index (χ0v) is 11.6. The minimum absolute atomic E-state index is 0.134. The van der Waals surface area contributed by atoms with E-state index in [1.807, 2.05) is 12.3 Å². The van der Waals surface area contributed by atoms with Crippen molar-refractivity contribution in [2.24, 2.45) is 16.3 Å². The van der Waals surface area contributed by atoms with Crippen LogP contribution in [0.2, 0.25) is 0 Å². The van der Waals surface area contributed by atoms with E-state index in [0.29, 0.717) is 5.92 Å². The Balaban J connectivity index is 5.03. The highest BCUT2D eigenvalue weighted by Gasteiger charge is 2.13. The van der Waals surface area contributed by atoms with Gasteiger partial charge in [-0.2, -0.15) is 0 Å². The molecule has 0 heterocycles. The van der Waals surface area contributed by atoms with Gasteiger partial charge in [-0.15, -0.1) is 5.73 Å². The minimum atomic E-state index is 0.134. The van der Waals surface area contributed by atoms with Crippen LogP contribution in [0.4, 0.5) is 0 Å². The molecule has 90 valence electrons. The van der Waals surface area contributed by atoms with E-state index in [9.17, 15) is 0 Å². The molecule has 1 nitrogen and oxygen atoms in total. The van der Waals surface area contributed by atoms with E-state index in [2.05, 4.69) is 58.8 Å². The molecule has 0 aliphatic heterocycles. The van der Waals surface area contributed by atoms with E-state index in [0.717, 1.165) is 12.1 Å². The zero-order chi connectivity index (χ0) is 12.8. The molecular formula is C15H25N. The van der Waals surface area contributed by atoms with Crippen LogP contribution < -0.4 is 0 Å². The van der Waals surface area contributed by atoms with Crippen LogP contribution in [-0.2, 0) is 0 Å². The molecule has 0 aromatic rings. The van der Waals surface area contributed by atoms with Gasteiger partial charge in [0.25, 0.3) is 0 Å². The normalized spacial score (nSPS) is 15.6. The molecule has 0 aliphatic rings. The topological polar surface area (TPSA) is 12.4 Å². The van der Waals surface area contributed by atoms with Crippen molar-refractivity contribution in [3.8, 4) is 0 Å². The van der Waals surface area contributed by atoms with E-state index >= 15 is 0 Å². The third-order valence-electron chi connectivity index (χ3n) is 2.94. The van der Waals surface area contributed by atoms with E-state index in [4.69, 9.17) is 0 Å².